The minimum Gasteiger partial charge on any atom is -0.271 e. The first-order valence-corrected chi connectivity index (χ1v) is 7.34. The molecule has 0 saturated heterocycles. The number of nitrogens with two attached hydrogens (primary N) is 1. The van der Waals surface area contributed by atoms with E-state index in [0.717, 1.165) is 29.2 Å². The lowest BCUT2D eigenvalue weighted by Gasteiger charge is -2.30. The van der Waals surface area contributed by atoms with Gasteiger partial charge in [0.25, 0.3) is 0 Å². The molecule has 0 aromatic heterocycles. The van der Waals surface area contributed by atoms with Crippen LogP contribution < -0.4 is 11.3 Å². The van der Waals surface area contributed by atoms with Crippen LogP contribution in [0.4, 0.5) is 0 Å². The highest BCUT2D eigenvalue weighted by Gasteiger charge is 2.42. The van der Waals surface area contributed by atoms with Gasteiger partial charge >= 0.3 is 0 Å². The molecule has 0 spiro atoms. The quantitative estimate of drug-likeness (QED) is 0.648. The molecule has 0 heterocycles. The van der Waals surface area contributed by atoms with E-state index in [4.69, 9.17) is 17.4 Å². The van der Waals surface area contributed by atoms with Crippen LogP contribution in [0.15, 0.2) is 24.3 Å². The standard InChI is InChI=1S/C15H21ClN2/c16-13-5-2-10(3-6-13)9-15(18-17)14-8-11-1-4-12(14)7-11/h2-3,5-6,11-12,14-15,18H,1,4,7-9,17H2. The number of nitrogens with one attached hydrogen (secondary N) is 1. The van der Waals surface area contributed by atoms with E-state index in [1.54, 1.807) is 0 Å². The third-order valence-electron chi connectivity index (χ3n) is 4.89. The molecule has 1 aromatic carbocycles. The van der Waals surface area contributed by atoms with Gasteiger partial charge in [-0.2, -0.15) is 0 Å². The lowest BCUT2D eigenvalue weighted by molar-refractivity contribution is 0.248. The largest absolute Gasteiger partial charge is 0.271 e. The zero-order valence-corrected chi connectivity index (χ0v) is 11.4. The fourth-order valence-corrected chi connectivity index (χ4v) is 4.12. The lowest BCUT2D eigenvalue weighted by atomic mass is 9.81. The summed E-state index contributed by atoms with van der Waals surface area (Å²) in [6.45, 7) is 0. The minimum absolute atomic E-state index is 0.418. The van der Waals surface area contributed by atoms with E-state index < -0.39 is 0 Å². The van der Waals surface area contributed by atoms with Crippen LogP contribution in [0.1, 0.15) is 31.2 Å². The molecule has 98 valence electrons. The molecular weight excluding hydrogens is 244 g/mol. The van der Waals surface area contributed by atoms with E-state index in [9.17, 15) is 0 Å². The number of benzene rings is 1. The number of halogens is 1. The van der Waals surface area contributed by atoms with Gasteiger partial charge in [0.2, 0.25) is 0 Å². The Labute approximate surface area is 114 Å². The zero-order valence-electron chi connectivity index (χ0n) is 10.6. The van der Waals surface area contributed by atoms with Crippen LogP contribution in [0.3, 0.4) is 0 Å². The van der Waals surface area contributed by atoms with Gasteiger partial charge in [-0.1, -0.05) is 30.2 Å². The second-order valence-electron chi connectivity index (χ2n) is 5.94. The topological polar surface area (TPSA) is 38.0 Å². The Morgan fingerprint density at radius 2 is 2.00 bits per heavy atom. The van der Waals surface area contributed by atoms with Gasteiger partial charge in [0.15, 0.2) is 0 Å². The monoisotopic (exact) mass is 264 g/mol. The smallest absolute Gasteiger partial charge is 0.0406 e. The number of hydrogen-bond donors (Lipinski definition) is 2. The molecular formula is C15H21ClN2. The number of hydrogen-bond acceptors (Lipinski definition) is 2. The molecule has 2 saturated carbocycles. The second kappa shape index (κ2) is 5.20. The normalized spacial score (nSPS) is 31.8. The molecule has 0 aliphatic heterocycles. The van der Waals surface area contributed by atoms with E-state index in [1.165, 1.54) is 31.2 Å². The van der Waals surface area contributed by atoms with Gasteiger partial charge < -0.3 is 0 Å². The van der Waals surface area contributed by atoms with Crippen molar-refractivity contribution in [1.82, 2.24) is 5.43 Å². The summed E-state index contributed by atoms with van der Waals surface area (Å²) in [4.78, 5) is 0. The summed E-state index contributed by atoms with van der Waals surface area (Å²) in [7, 11) is 0. The predicted molar refractivity (Wildman–Crippen MR) is 75.2 cm³/mol. The molecule has 3 rings (SSSR count). The molecule has 2 bridgehead atoms. The average Bonchev–Trinajstić information content (AvgIpc) is 3.00. The molecule has 0 radical (unpaired) electrons. The van der Waals surface area contributed by atoms with Crippen LogP contribution in [0.5, 0.6) is 0 Å². The zero-order chi connectivity index (χ0) is 12.5. The van der Waals surface area contributed by atoms with Gasteiger partial charge in [-0.3, -0.25) is 11.3 Å². The van der Waals surface area contributed by atoms with E-state index in [-0.39, 0.29) is 0 Å². The van der Waals surface area contributed by atoms with Crippen molar-refractivity contribution in [3.63, 3.8) is 0 Å². The highest BCUT2D eigenvalue weighted by Crippen LogP contribution is 2.49. The van der Waals surface area contributed by atoms with Gasteiger partial charge in [0.05, 0.1) is 0 Å². The molecule has 2 aliphatic carbocycles. The highest BCUT2D eigenvalue weighted by atomic mass is 35.5. The van der Waals surface area contributed by atoms with Crippen molar-refractivity contribution in [2.45, 2.75) is 38.1 Å². The van der Waals surface area contributed by atoms with Crippen molar-refractivity contribution in [3.8, 4) is 0 Å². The van der Waals surface area contributed by atoms with Crippen LogP contribution in [-0.2, 0) is 6.42 Å². The van der Waals surface area contributed by atoms with Gasteiger partial charge in [0.1, 0.15) is 0 Å². The summed E-state index contributed by atoms with van der Waals surface area (Å²) in [6, 6.07) is 8.57. The summed E-state index contributed by atoms with van der Waals surface area (Å²) in [5, 5.41) is 0.802. The maximum atomic E-state index is 5.92. The van der Waals surface area contributed by atoms with E-state index in [1.807, 2.05) is 12.1 Å². The molecule has 1 aromatic rings. The summed E-state index contributed by atoms with van der Waals surface area (Å²) >= 11 is 5.92. The Hall–Kier alpha value is -0.570. The minimum atomic E-state index is 0.418. The van der Waals surface area contributed by atoms with Crippen molar-refractivity contribution in [2.24, 2.45) is 23.6 Å². The van der Waals surface area contributed by atoms with Crippen molar-refractivity contribution >= 4 is 11.6 Å². The van der Waals surface area contributed by atoms with E-state index >= 15 is 0 Å². The fourth-order valence-electron chi connectivity index (χ4n) is 4.00. The second-order valence-corrected chi connectivity index (χ2v) is 6.38. The Morgan fingerprint density at radius 1 is 1.22 bits per heavy atom. The first-order chi connectivity index (χ1) is 8.76. The molecule has 3 N–H and O–H groups in total. The summed E-state index contributed by atoms with van der Waals surface area (Å²) < 4.78 is 0. The molecule has 4 atom stereocenters. The third kappa shape index (κ3) is 2.42. The number of hydrazine groups is 1. The lowest BCUT2D eigenvalue weighted by Crippen LogP contribution is -2.44. The summed E-state index contributed by atoms with van der Waals surface area (Å²) in [5.74, 6) is 8.43. The Bertz CT molecular complexity index is 403. The van der Waals surface area contributed by atoms with Gasteiger partial charge in [-0.25, -0.2) is 0 Å². The van der Waals surface area contributed by atoms with Gasteiger partial charge in [-0.05, 0) is 61.1 Å². The Balaban J connectivity index is 1.67. The van der Waals surface area contributed by atoms with Crippen LogP contribution in [0.25, 0.3) is 0 Å². The molecule has 0 amide bonds. The van der Waals surface area contributed by atoms with Crippen molar-refractivity contribution < 1.29 is 0 Å². The van der Waals surface area contributed by atoms with E-state index in [2.05, 4.69) is 17.6 Å². The van der Waals surface area contributed by atoms with Crippen molar-refractivity contribution in [1.29, 1.82) is 0 Å². The van der Waals surface area contributed by atoms with Gasteiger partial charge in [-0.15, -0.1) is 0 Å². The number of fused-ring (bicyclic) bond motifs is 2. The van der Waals surface area contributed by atoms with Crippen molar-refractivity contribution in [2.75, 3.05) is 0 Å². The molecule has 4 unspecified atom stereocenters. The summed E-state index contributed by atoms with van der Waals surface area (Å²) in [6.07, 6.45) is 6.67. The maximum absolute atomic E-state index is 5.92. The first-order valence-electron chi connectivity index (χ1n) is 6.97. The van der Waals surface area contributed by atoms with Crippen LogP contribution in [0, 0.1) is 17.8 Å². The third-order valence-corrected chi connectivity index (χ3v) is 5.14. The molecule has 18 heavy (non-hydrogen) atoms. The predicted octanol–water partition coefficient (Wildman–Crippen LogP) is 3.15. The van der Waals surface area contributed by atoms with Crippen LogP contribution >= 0.6 is 11.6 Å². The van der Waals surface area contributed by atoms with Crippen LogP contribution in [-0.4, -0.2) is 6.04 Å². The highest BCUT2D eigenvalue weighted by molar-refractivity contribution is 6.30. The van der Waals surface area contributed by atoms with Crippen molar-refractivity contribution in [3.05, 3.63) is 34.9 Å². The van der Waals surface area contributed by atoms with Gasteiger partial charge in [0, 0.05) is 11.1 Å². The maximum Gasteiger partial charge on any atom is 0.0406 e. The fraction of sp³-hybridized carbons (Fsp3) is 0.600. The van der Waals surface area contributed by atoms with E-state index in [0.29, 0.717) is 6.04 Å². The van der Waals surface area contributed by atoms with Crippen LogP contribution in [0.2, 0.25) is 5.02 Å². The Morgan fingerprint density at radius 3 is 2.56 bits per heavy atom. The SMILES string of the molecule is NNC(Cc1ccc(Cl)cc1)C1CC2CCC1C2. The average molecular weight is 265 g/mol. The summed E-state index contributed by atoms with van der Waals surface area (Å²) in [5.41, 5.74) is 4.38. The Kier molecular flexibility index (Phi) is 3.60. The molecule has 3 heteroatoms. The molecule has 2 fully saturated rings. The molecule has 2 aliphatic rings. The number of rotatable bonds is 4. The molecule has 2 nitrogen and oxygen atoms in total. The first kappa shape index (κ1) is 12.5.